The summed E-state index contributed by atoms with van der Waals surface area (Å²) < 4.78 is 49.9. The average molecular weight is 522 g/mol. The van der Waals surface area contributed by atoms with Gasteiger partial charge in [-0.2, -0.15) is 13.8 Å². The van der Waals surface area contributed by atoms with Gasteiger partial charge in [-0.15, -0.1) is 0 Å². The summed E-state index contributed by atoms with van der Waals surface area (Å²) in [5, 5.41) is 3.72. The van der Waals surface area contributed by atoms with Gasteiger partial charge in [0.15, 0.2) is 17.3 Å². The quantitative estimate of drug-likeness (QED) is 0.293. The Balaban J connectivity index is 2.32. The van der Waals surface area contributed by atoms with Gasteiger partial charge in [-0.3, -0.25) is 4.79 Å². The molecular formula is C19H16BrClF2N2O4S. The van der Waals surface area contributed by atoms with Crippen molar-refractivity contribution >= 4 is 55.4 Å². The summed E-state index contributed by atoms with van der Waals surface area (Å²) in [4.78, 5) is 17.4. The smallest absolute Gasteiger partial charge is 0.387 e. The number of hydrogen-bond donors (Lipinski definition) is 0. The zero-order valence-corrected chi connectivity index (χ0v) is 19.2. The molecule has 0 saturated heterocycles. The fraction of sp³-hybridized carbons (Fsp3) is 0.316. The second-order valence-electron chi connectivity index (χ2n) is 6.69. The standard InChI is InChI=1S/C19H16BrClF2N2O4S/c1-8(2)16(26)14-17(28-19(22)23)13-12(21)5-4-11(20)15(13)24-18(14)30(27)7-10-6-9(3)29-25-10/h4-6,8,19H,7H2,1-3H3. The lowest BCUT2D eigenvalue weighted by molar-refractivity contribution is -0.0493. The fourth-order valence-electron chi connectivity index (χ4n) is 2.81. The molecule has 0 bridgehead atoms. The molecule has 3 aromatic rings. The predicted molar refractivity (Wildman–Crippen MR) is 112 cm³/mol. The van der Waals surface area contributed by atoms with Crippen molar-refractivity contribution in [3.63, 3.8) is 0 Å². The maximum Gasteiger partial charge on any atom is 0.387 e. The topological polar surface area (TPSA) is 88.3 Å². The minimum Gasteiger partial charge on any atom is -0.610 e. The number of ether oxygens (including phenoxy) is 1. The molecule has 0 fully saturated rings. The van der Waals surface area contributed by atoms with Crippen molar-refractivity contribution < 1.29 is 27.4 Å². The molecule has 0 amide bonds. The van der Waals surface area contributed by atoms with Crippen LogP contribution >= 0.6 is 27.5 Å². The van der Waals surface area contributed by atoms with Crippen LogP contribution in [0.4, 0.5) is 8.78 Å². The number of alkyl halides is 2. The van der Waals surface area contributed by atoms with E-state index in [1.165, 1.54) is 6.07 Å². The van der Waals surface area contributed by atoms with Crippen LogP contribution in [0.5, 0.6) is 5.75 Å². The Kier molecular flexibility index (Phi) is 7.01. The van der Waals surface area contributed by atoms with E-state index in [-0.39, 0.29) is 32.3 Å². The van der Waals surface area contributed by atoms with Gasteiger partial charge in [-0.1, -0.05) is 30.6 Å². The minimum atomic E-state index is -3.23. The fourth-order valence-corrected chi connectivity index (χ4v) is 4.63. The van der Waals surface area contributed by atoms with Gasteiger partial charge in [-0.05, 0) is 35.0 Å². The van der Waals surface area contributed by atoms with E-state index in [1.807, 2.05) is 0 Å². The van der Waals surface area contributed by atoms with Gasteiger partial charge < -0.3 is 13.8 Å². The van der Waals surface area contributed by atoms with Crippen molar-refractivity contribution in [3.8, 4) is 5.75 Å². The minimum absolute atomic E-state index is 0.0355. The molecular weight excluding hydrogens is 506 g/mol. The van der Waals surface area contributed by atoms with Crippen LogP contribution < -0.4 is 4.74 Å². The van der Waals surface area contributed by atoms with Gasteiger partial charge in [-0.25, -0.2) is 0 Å². The van der Waals surface area contributed by atoms with Crippen molar-refractivity contribution in [3.05, 3.63) is 44.7 Å². The van der Waals surface area contributed by atoms with Crippen molar-refractivity contribution in [2.45, 2.75) is 38.2 Å². The van der Waals surface area contributed by atoms with Crippen LogP contribution in [0.25, 0.3) is 10.9 Å². The van der Waals surface area contributed by atoms with E-state index in [9.17, 15) is 18.1 Å². The van der Waals surface area contributed by atoms with E-state index in [2.05, 4.69) is 26.1 Å². The molecule has 30 heavy (non-hydrogen) atoms. The molecule has 0 aliphatic carbocycles. The highest BCUT2D eigenvalue weighted by atomic mass is 79.9. The molecule has 0 spiro atoms. The third-order valence-electron chi connectivity index (χ3n) is 4.11. The lowest BCUT2D eigenvalue weighted by Crippen LogP contribution is -2.20. The Morgan fingerprint density at radius 3 is 2.67 bits per heavy atom. The first kappa shape index (κ1) is 22.9. The Hall–Kier alpha value is -1.75. The first-order chi connectivity index (χ1) is 14.1. The molecule has 0 aliphatic heterocycles. The molecule has 6 nitrogen and oxygen atoms in total. The van der Waals surface area contributed by atoms with Gasteiger partial charge >= 0.3 is 6.61 Å². The summed E-state index contributed by atoms with van der Waals surface area (Å²) in [5.74, 6) is -1.19. The summed E-state index contributed by atoms with van der Waals surface area (Å²) in [7, 11) is 0. The lowest BCUT2D eigenvalue weighted by Gasteiger charge is -2.19. The molecule has 3 rings (SSSR count). The van der Waals surface area contributed by atoms with E-state index in [4.69, 9.17) is 20.9 Å². The maximum atomic E-state index is 13.3. The number of halogens is 4. The molecule has 11 heteroatoms. The van der Waals surface area contributed by atoms with Crippen LogP contribution in [0, 0.1) is 12.8 Å². The molecule has 1 atom stereocenters. The summed E-state index contributed by atoms with van der Waals surface area (Å²) in [5.41, 5.74) is 0.242. The largest absolute Gasteiger partial charge is 0.610 e. The van der Waals surface area contributed by atoms with E-state index in [0.717, 1.165) is 0 Å². The molecule has 1 aromatic carbocycles. The van der Waals surface area contributed by atoms with Crippen LogP contribution in [0.3, 0.4) is 0 Å². The van der Waals surface area contributed by atoms with Crippen molar-refractivity contribution in [2.75, 3.05) is 0 Å². The average Bonchev–Trinajstić information content (AvgIpc) is 3.07. The van der Waals surface area contributed by atoms with Gasteiger partial charge in [0, 0.05) is 27.6 Å². The normalized spacial score (nSPS) is 12.7. The number of carbonyl (C=O) groups excluding carboxylic acids is 1. The zero-order valence-electron chi connectivity index (χ0n) is 16.0. The Morgan fingerprint density at radius 1 is 1.40 bits per heavy atom. The number of benzene rings is 1. The number of ketones is 1. The molecule has 0 N–H and O–H groups in total. The second kappa shape index (κ2) is 9.17. The van der Waals surface area contributed by atoms with Crippen LogP contribution in [-0.2, 0) is 16.9 Å². The number of pyridine rings is 1. The number of fused-ring (bicyclic) bond motifs is 1. The van der Waals surface area contributed by atoms with Crippen LogP contribution in [-0.4, -0.2) is 27.1 Å². The zero-order chi connectivity index (χ0) is 22.2. The molecule has 1 unspecified atom stereocenters. The first-order valence-electron chi connectivity index (χ1n) is 8.71. The number of carbonyl (C=O) groups is 1. The predicted octanol–water partition coefficient (Wildman–Crippen LogP) is 5.70. The van der Waals surface area contributed by atoms with Crippen LogP contribution in [0.2, 0.25) is 5.02 Å². The van der Waals surface area contributed by atoms with Gasteiger partial charge in [0.25, 0.3) is 5.03 Å². The monoisotopic (exact) mass is 520 g/mol. The van der Waals surface area contributed by atoms with Gasteiger partial charge in [0.2, 0.25) is 0 Å². The molecule has 0 radical (unpaired) electrons. The van der Waals surface area contributed by atoms with Gasteiger partial charge in [0.05, 0.1) is 15.9 Å². The number of aromatic nitrogens is 2. The molecule has 2 heterocycles. The van der Waals surface area contributed by atoms with E-state index >= 15 is 0 Å². The highest BCUT2D eigenvalue weighted by Gasteiger charge is 2.34. The van der Waals surface area contributed by atoms with Crippen LogP contribution in [0.1, 0.15) is 35.7 Å². The van der Waals surface area contributed by atoms with Crippen LogP contribution in [0.15, 0.2) is 32.2 Å². The Morgan fingerprint density at radius 2 is 2.10 bits per heavy atom. The van der Waals surface area contributed by atoms with Crippen molar-refractivity contribution in [1.82, 2.24) is 10.1 Å². The third-order valence-corrected chi connectivity index (χ3v) is 6.35. The maximum absolute atomic E-state index is 13.3. The molecule has 160 valence electrons. The van der Waals surface area contributed by atoms with Crippen molar-refractivity contribution in [1.29, 1.82) is 0 Å². The molecule has 2 aromatic heterocycles. The second-order valence-corrected chi connectivity index (χ2v) is 9.32. The van der Waals surface area contributed by atoms with E-state index in [1.54, 1.807) is 32.9 Å². The number of aryl methyl sites for hydroxylation is 1. The highest BCUT2D eigenvalue weighted by Crippen LogP contribution is 2.42. The molecule has 0 aliphatic rings. The molecule has 0 saturated carbocycles. The van der Waals surface area contributed by atoms with E-state index < -0.39 is 35.2 Å². The summed E-state index contributed by atoms with van der Waals surface area (Å²) >= 11 is 7.63. The first-order valence-corrected chi connectivity index (χ1v) is 11.2. The number of hydrogen-bond acceptors (Lipinski definition) is 6. The summed E-state index contributed by atoms with van der Waals surface area (Å²) in [6, 6.07) is 4.63. The number of nitrogens with zero attached hydrogens (tertiary/aromatic N) is 2. The van der Waals surface area contributed by atoms with Crippen molar-refractivity contribution in [2.24, 2.45) is 5.92 Å². The number of Topliss-reactive ketones (excluding diaryl/α,β-unsaturated/α-hetero) is 1. The summed E-state index contributed by atoms with van der Waals surface area (Å²) in [6.07, 6.45) is 0. The summed E-state index contributed by atoms with van der Waals surface area (Å²) in [6.45, 7) is 1.63. The Bertz CT molecular complexity index is 1110. The van der Waals surface area contributed by atoms with E-state index in [0.29, 0.717) is 15.9 Å². The third kappa shape index (κ3) is 4.61. The van der Waals surface area contributed by atoms with Gasteiger partial charge in [0.1, 0.15) is 17.0 Å². The number of rotatable bonds is 7. The Labute approximate surface area is 187 Å². The lowest BCUT2D eigenvalue weighted by atomic mass is 10.00. The highest BCUT2D eigenvalue weighted by molar-refractivity contribution is 9.10. The SMILES string of the molecule is Cc1cc(C[S+]([O-])c2nc3c(Br)ccc(Cl)c3c(OC(F)F)c2C(=O)C(C)C)no1.